The van der Waals surface area contributed by atoms with E-state index in [0.717, 1.165) is 4.83 Å². The Balaban J connectivity index is 1.86. The lowest BCUT2D eigenvalue weighted by molar-refractivity contribution is -0.508. The number of aliphatic hydroxyl groups excluding tert-OH is 1. The second-order valence-corrected chi connectivity index (χ2v) is 8.48. The molecule has 4 heterocycles. The summed E-state index contributed by atoms with van der Waals surface area (Å²) in [7, 11) is 1.78. The number of thiazole rings is 1. The first-order valence-corrected chi connectivity index (χ1v) is 9.38. The van der Waals surface area contributed by atoms with Gasteiger partial charge in [-0.2, -0.15) is 4.40 Å². The van der Waals surface area contributed by atoms with Crippen LogP contribution in [-0.2, 0) is 16.6 Å². The van der Waals surface area contributed by atoms with Crippen LogP contribution >= 0.6 is 11.3 Å². The molecule has 0 spiro atoms. The van der Waals surface area contributed by atoms with Gasteiger partial charge in [0.05, 0.1) is 30.0 Å². The molecule has 2 N–H and O–H groups in total. The summed E-state index contributed by atoms with van der Waals surface area (Å²) in [4.78, 5) is 39.4. The Morgan fingerprint density at radius 3 is 2.63 bits per heavy atom. The third-order valence-electron chi connectivity index (χ3n) is 5.71. The van der Waals surface area contributed by atoms with Crippen LogP contribution in [0.5, 0.6) is 0 Å². The van der Waals surface area contributed by atoms with Gasteiger partial charge >= 0.3 is 5.97 Å². The van der Waals surface area contributed by atoms with Gasteiger partial charge in [0, 0.05) is 18.7 Å². The normalized spacial score (nSPS) is 28.1. The van der Waals surface area contributed by atoms with E-state index in [0.29, 0.717) is 16.1 Å². The number of carbonyl (C=O) groups is 3. The summed E-state index contributed by atoms with van der Waals surface area (Å²) < 4.78 is 3.53. The summed E-state index contributed by atoms with van der Waals surface area (Å²) in [5.74, 6) is -2.13. The number of fused-ring (bicyclic) bond motifs is 2. The Morgan fingerprint density at radius 1 is 1.41 bits per heavy atom. The van der Waals surface area contributed by atoms with E-state index in [1.165, 1.54) is 30.1 Å². The largest absolute Gasteiger partial charge is 0.481 e. The summed E-state index contributed by atoms with van der Waals surface area (Å²) in [6, 6.07) is -0.623. The number of aromatic nitrogens is 2. The lowest BCUT2D eigenvalue weighted by Crippen LogP contribution is -2.66. The van der Waals surface area contributed by atoms with Crippen molar-refractivity contribution in [1.82, 2.24) is 9.47 Å². The van der Waals surface area contributed by atoms with Gasteiger partial charge in [0.1, 0.15) is 11.6 Å². The number of nitrogens with zero attached hydrogens (tertiary/aromatic N) is 3. The van der Waals surface area contributed by atoms with Crippen molar-refractivity contribution in [3.8, 4) is 0 Å². The van der Waals surface area contributed by atoms with E-state index >= 15 is 0 Å². The Morgan fingerprint density at radius 2 is 2.07 bits per heavy atom. The van der Waals surface area contributed by atoms with Gasteiger partial charge in [-0.3, -0.25) is 14.4 Å². The van der Waals surface area contributed by atoms with Crippen molar-refractivity contribution in [1.29, 1.82) is 0 Å². The monoisotopic (exact) mass is 390 g/mol. The van der Waals surface area contributed by atoms with Gasteiger partial charge in [0.15, 0.2) is 0 Å². The highest BCUT2D eigenvalue weighted by Gasteiger charge is 2.65. The van der Waals surface area contributed by atoms with Crippen LogP contribution in [-0.4, -0.2) is 49.5 Å². The smallest absolute Gasteiger partial charge is 0.316 e. The van der Waals surface area contributed by atoms with E-state index < -0.39 is 29.4 Å². The maximum Gasteiger partial charge on any atom is 0.316 e. The minimum atomic E-state index is -1.34. The van der Waals surface area contributed by atoms with E-state index in [1.807, 2.05) is 0 Å². The highest BCUT2D eigenvalue weighted by molar-refractivity contribution is 7.18. The van der Waals surface area contributed by atoms with Crippen molar-refractivity contribution in [2.45, 2.75) is 32.9 Å². The van der Waals surface area contributed by atoms with E-state index in [9.17, 15) is 24.6 Å². The number of hydrogen-bond donors (Lipinski definition) is 2. The van der Waals surface area contributed by atoms with Crippen molar-refractivity contribution in [3.63, 3.8) is 0 Å². The number of aryl methyl sites for hydroxylation is 1. The molecule has 8 nitrogen and oxygen atoms in total. The SMILES string of the molecule is CC(=O)c1c2sc(C3=CN4C(=O)[C@H](C(C)O)[C@@H]4[C@]3(C)C(=O)O)c[n+]2cn1C. The van der Waals surface area contributed by atoms with Crippen LogP contribution in [0.4, 0.5) is 0 Å². The minimum absolute atomic E-state index is 0.0806. The van der Waals surface area contributed by atoms with Crippen LogP contribution in [0.2, 0.25) is 0 Å². The van der Waals surface area contributed by atoms with Gasteiger partial charge in [-0.15, -0.1) is 0 Å². The maximum absolute atomic E-state index is 12.4. The van der Waals surface area contributed by atoms with Gasteiger partial charge in [0.25, 0.3) is 0 Å². The van der Waals surface area contributed by atoms with Gasteiger partial charge in [-0.25, -0.2) is 4.57 Å². The molecule has 142 valence electrons. The number of aliphatic carboxylic acids is 1. The molecule has 1 unspecified atom stereocenters. The molecule has 1 fully saturated rings. The zero-order chi connectivity index (χ0) is 19.8. The number of carbonyl (C=O) groups excluding carboxylic acids is 2. The highest BCUT2D eigenvalue weighted by atomic mass is 32.1. The fourth-order valence-corrected chi connectivity index (χ4v) is 5.66. The summed E-state index contributed by atoms with van der Waals surface area (Å²) >= 11 is 1.32. The Labute approximate surface area is 158 Å². The standard InChI is InChI=1S/C18H19N3O5S/c1-8(22)12-14-18(3,17(25)26)10(5-21(14)15(12)24)11-6-20-7-19(4)13(9(2)23)16(20)27-11/h5-8,12,14,22H,1-4H3/p+1/t8?,12-,14-,18-/m1/s1. The molecule has 27 heavy (non-hydrogen) atoms. The summed E-state index contributed by atoms with van der Waals surface area (Å²) in [6.07, 6.45) is 4.21. The topological polar surface area (TPSA) is 104 Å². The van der Waals surface area contributed by atoms with E-state index in [2.05, 4.69) is 0 Å². The van der Waals surface area contributed by atoms with Gasteiger partial charge in [-0.05, 0) is 13.8 Å². The molecule has 1 saturated heterocycles. The molecule has 0 aliphatic carbocycles. The average Bonchev–Trinajstić information content (AvgIpc) is 3.14. The zero-order valence-corrected chi connectivity index (χ0v) is 16.1. The lowest BCUT2D eigenvalue weighted by Gasteiger charge is -2.48. The molecule has 2 aromatic rings. The lowest BCUT2D eigenvalue weighted by atomic mass is 9.67. The molecule has 4 atom stereocenters. The summed E-state index contributed by atoms with van der Waals surface area (Å²) in [5.41, 5.74) is -0.276. The molecular formula is C18H20N3O5S+. The summed E-state index contributed by atoms with van der Waals surface area (Å²) in [5, 5.41) is 20.0. The van der Waals surface area contributed by atoms with E-state index in [1.54, 1.807) is 41.7 Å². The first-order chi connectivity index (χ1) is 12.6. The number of Topliss-reactive ketones (excluding diaryl/α,β-unsaturated/α-hetero) is 1. The average molecular weight is 390 g/mol. The van der Waals surface area contributed by atoms with Crippen LogP contribution < -0.4 is 4.40 Å². The third kappa shape index (κ3) is 2.12. The molecule has 4 rings (SSSR count). The number of imidazole rings is 1. The Hall–Kier alpha value is -2.52. The molecule has 0 radical (unpaired) electrons. The van der Waals surface area contributed by atoms with E-state index in [-0.39, 0.29) is 11.7 Å². The number of aliphatic hydroxyl groups is 1. The molecule has 0 saturated carbocycles. The van der Waals surface area contributed by atoms with Crippen LogP contribution in [0.25, 0.3) is 10.4 Å². The van der Waals surface area contributed by atoms with E-state index in [4.69, 9.17) is 0 Å². The van der Waals surface area contributed by atoms with Crippen LogP contribution in [0, 0.1) is 11.3 Å². The number of carboxylic acids is 1. The molecule has 9 heteroatoms. The predicted octanol–water partition coefficient (Wildman–Crippen LogP) is 0.681. The van der Waals surface area contributed by atoms with Crippen LogP contribution in [0.1, 0.15) is 36.1 Å². The fourth-order valence-electron chi connectivity index (χ4n) is 4.32. The van der Waals surface area contributed by atoms with Gasteiger partial charge in [-0.1, -0.05) is 11.3 Å². The molecule has 2 aliphatic heterocycles. The Bertz CT molecular complexity index is 1050. The predicted molar refractivity (Wildman–Crippen MR) is 96.0 cm³/mol. The van der Waals surface area contributed by atoms with Crippen molar-refractivity contribution in [2.75, 3.05) is 0 Å². The number of hydrogen-bond acceptors (Lipinski definition) is 5. The van der Waals surface area contributed by atoms with Gasteiger partial charge < -0.3 is 15.1 Å². The fraction of sp³-hybridized carbons (Fsp3) is 0.444. The third-order valence-corrected chi connectivity index (χ3v) is 6.85. The number of carboxylic acid groups (broad SMARTS) is 1. The zero-order valence-electron chi connectivity index (χ0n) is 15.3. The quantitative estimate of drug-likeness (QED) is 0.454. The van der Waals surface area contributed by atoms with Crippen LogP contribution in [0.3, 0.4) is 0 Å². The molecule has 0 bridgehead atoms. The van der Waals surface area contributed by atoms with Crippen molar-refractivity contribution < 1.29 is 29.0 Å². The number of ketones is 1. The maximum atomic E-state index is 12.4. The van der Waals surface area contributed by atoms with Crippen molar-refractivity contribution >= 4 is 39.4 Å². The molecule has 2 aliphatic rings. The summed E-state index contributed by atoms with van der Waals surface area (Å²) in [6.45, 7) is 4.59. The minimum Gasteiger partial charge on any atom is -0.481 e. The van der Waals surface area contributed by atoms with Gasteiger partial charge in [0.2, 0.25) is 28.5 Å². The van der Waals surface area contributed by atoms with Crippen molar-refractivity contribution in [3.05, 3.63) is 29.3 Å². The first-order valence-electron chi connectivity index (χ1n) is 8.56. The second kappa shape index (κ2) is 5.49. The molecule has 0 aromatic carbocycles. The van der Waals surface area contributed by atoms with Crippen LogP contribution in [0.15, 0.2) is 18.7 Å². The highest BCUT2D eigenvalue weighted by Crippen LogP contribution is 2.55. The number of amides is 1. The molecule has 1 amide bonds. The number of rotatable bonds is 4. The second-order valence-electron chi connectivity index (χ2n) is 7.45. The molecule has 2 aromatic heterocycles. The number of β-lactam (4-membered cyclic amide) rings is 1. The molecular weight excluding hydrogens is 370 g/mol. The Kier molecular flexibility index (Phi) is 3.64. The van der Waals surface area contributed by atoms with Crippen molar-refractivity contribution in [2.24, 2.45) is 18.4 Å². The first kappa shape index (κ1) is 17.9.